The van der Waals surface area contributed by atoms with Crippen molar-refractivity contribution in [2.75, 3.05) is 16.3 Å². The maximum Gasteiger partial charge on any atom is 0.138 e. The van der Waals surface area contributed by atoms with Crippen molar-refractivity contribution >= 4 is 22.7 Å². The van der Waals surface area contributed by atoms with Crippen molar-refractivity contribution in [3.05, 3.63) is 82.6 Å². The zero-order valence-corrected chi connectivity index (χ0v) is 19.4. The van der Waals surface area contributed by atoms with E-state index < -0.39 is 0 Å². The van der Waals surface area contributed by atoms with Crippen LogP contribution in [0.25, 0.3) is 0 Å². The molecule has 0 spiro atoms. The van der Waals surface area contributed by atoms with E-state index in [4.69, 9.17) is 0 Å². The molecule has 2 aromatic carbocycles. The Kier molecular flexibility index (Phi) is 5.31. The number of para-hydroxylation sites is 2. The molecule has 4 unspecified atom stereocenters. The highest BCUT2D eigenvalue weighted by Crippen LogP contribution is 2.50. The van der Waals surface area contributed by atoms with Gasteiger partial charge in [-0.1, -0.05) is 50.2 Å². The number of thiophene rings is 1. The van der Waals surface area contributed by atoms with Crippen molar-refractivity contribution < 1.29 is 5.11 Å². The molecule has 4 atom stereocenters. The molecule has 2 aliphatic rings. The van der Waals surface area contributed by atoms with Crippen molar-refractivity contribution in [1.29, 1.82) is 0 Å². The van der Waals surface area contributed by atoms with E-state index >= 15 is 0 Å². The molecule has 1 aliphatic carbocycles. The fourth-order valence-electron chi connectivity index (χ4n) is 5.66. The van der Waals surface area contributed by atoms with Gasteiger partial charge >= 0.3 is 0 Å². The van der Waals surface area contributed by atoms with Crippen molar-refractivity contribution in [3.63, 3.8) is 0 Å². The standard InChI is InChI=1S/C27H32N2OS/c1-19-14-15-25(31-19)26-28(20-10-6-4-7-11-20)18-22-23(16-27(2,3)17-24(22)30)29(26)21-12-8-5-9-13-21/h4-15,22-24,26,30H,16-18H2,1-3H3. The van der Waals surface area contributed by atoms with Crippen LogP contribution >= 0.6 is 11.3 Å². The van der Waals surface area contributed by atoms with Crippen LogP contribution in [0.2, 0.25) is 0 Å². The number of hydrogen-bond donors (Lipinski definition) is 1. The van der Waals surface area contributed by atoms with E-state index in [1.54, 1.807) is 0 Å². The van der Waals surface area contributed by atoms with Crippen LogP contribution in [0.1, 0.15) is 42.6 Å². The number of aliphatic hydroxyl groups is 1. The predicted molar refractivity (Wildman–Crippen MR) is 131 cm³/mol. The summed E-state index contributed by atoms with van der Waals surface area (Å²) in [4.78, 5) is 7.82. The summed E-state index contributed by atoms with van der Waals surface area (Å²) in [6.45, 7) is 7.68. The number of aryl methyl sites for hydroxylation is 1. The zero-order valence-electron chi connectivity index (χ0n) is 18.6. The van der Waals surface area contributed by atoms with Crippen LogP contribution in [0, 0.1) is 18.3 Å². The molecule has 31 heavy (non-hydrogen) atoms. The van der Waals surface area contributed by atoms with Crippen molar-refractivity contribution in [1.82, 2.24) is 0 Å². The summed E-state index contributed by atoms with van der Waals surface area (Å²) in [5.41, 5.74) is 2.58. The Bertz CT molecular complexity index is 1020. The topological polar surface area (TPSA) is 26.7 Å². The number of fused-ring (bicyclic) bond motifs is 1. The molecular weight excluding hydrogens is 400 g/mol. The Morgan fingerprint density at radius 3 is 2.13 bits per heavy atom. The highest BCUT2D eigenvalue weighted by atomic mass is 32.1. The highest BCUT2D eigenvalue weighted by Gasteiger charge is 2.50. The third-order valence-corrected chi connectivity index (χ3v) is 8.03. The molecular formula is C27H32N2OS. The molecule has 1 aliphatic heterocycles. The molecule has 0 bridgehead atoms. The molecule has 1 aromatic heterocycles. The minimum absolute atomic E-state index is 0.117. The summed E-state index contributed by atoms with van der Waals surface area (Å²) >= 11 is 1.89. The van der Waals surface area contributed by atoms with E-state index in [2.05, 4.69) is 103 Å². The van der Waals surface area contributed by atoms with Gasteiger partial charge in [-0.25, -0.2) is 0 Å². The zero-order chi connectivity index (χ0) is 21.6. The van der Waals surface area contributed by atoms with Gasteiger partial charge in [0.1, 0.15) is 6.17 Å². The molecule has 4 heteroatoms. The third kappa shape index (κ3) is 3.88. The van der Waals surface area contributed by atoms with Gasteiger partial charge in [-0.2, -0.15) is 0 Å². The van der Waals surface area contributed by atoms with Gasteiger partial charge in [0.05, 0.1) is 6.10 Å². The summed E-state index contributed by atoms with van der Waals surface area (Å²) in [7, 11) is 0. The van der Waals surface area contributed by atoms with E-state index in [1.165, 1.54) is 21.1 Å². The fraction of sp³-hybridized carbons (Fsp3) is 0.407. The summed E-state index contributed by atoms with van der Waals surface area (Å²) in [5, 5.41) is 11.3. The van der Waals surface area contributed by atoms with Crippen LogP contribution in [0.5, 0.6) is 0 Å². The molecule has 162 valence electrons. The smallest absolute Gasteiger partial charge is 0.138 e. The first kappa shape index (κ1) is 20.6. The van der Waals surface area contributed by atoms with Gasteiger partial charge in [-0.05, 0) is 61.6 Å². The minimum atomic E-state index is -0.294. The number of anilines is 2. The van der Waals surface area contributed by atoms with Crippen LogP contribution in [0.3, 0.4) is 0 Å². The molecule has 2 fully saturated rings. The maximum absolute atomic E-state index is 11.3. The molecule has 1 saturated carbocycles. The van der Waals surface area contributed by atoms with Crippen molar-refractivity contribution in [3.8, 4) is 0 Å². The van der Waals surface area contributed by atoms with E-state index in [0.717, 1.165) is 19.4 Å². The number of nitrogens with zero attached hydrogens (tertiary/aromatic N) is 2. The van der Waals surface area contributed by atoms with Crippen molar-refractivity contribution in [2.45, 2.75) is 51.9 Å². The van der Waals surface area contributed by atoms with Gasteiger partial charge in [-0.15, -0.1) is 11.3 Å². The van der Waals surface area contributed by atoms with Crippen LogP contribution < -0.4 is 9.80 Å². The SMILES string of the molecule is Cc1ccc(C2N(c3ccccc3)CC3C(O)CC(C)(C)CC3N2c2ccccc2)s1. The van der Waals surface area contributed by atoms with Gasteiger partial charge < -0.3 is 14.9 Å². The average Bonchev–Trinajstić information content (AvgIpc) is 3.19. The fourth-order valence-corrected chi connectivity index (χ4v) is 6.65. The van der Waals surface area contributed by atoms with E-state index in [0.29, 0.717) is 6.04 Å². The lowest BCUT2D eigenvalue weighted by atomic mass is 9.67. The summed E-state index contributed by atoms with van der Waals surface area (Å²) in [6, 6.07) is 26.4. The van der Waals surface area contributed by atoms with Crippen LogP contribution in [-0.4, -0.2) is 23.8 Å². The first-order valence-electron chi connectivity index (χ1n) is 11.3. The van der Waals surface area contributed by atoms with E-state index in [9.17, 15) is 5.11 Å². The van der Waals surface area contributed by atoms with E-state index in [1.807, 2.05) is 11.3 Å². The van der Waals surface area contributed by atoms with Crippen molar-refractivity contribution in [2.24, 2.45) is 11.3 Å². The van der Waals surface area contributed by atoms with Crippen LogP contribution in [0.4, 0.5) is 11.4 Å². The lowest BCUT2D eigenvalue weighted by molar-refractivity contribution is -0.00703. The van der Waals surface area contributed by atoms with Gasteiger partial charge in [-0.3, -0.25) is 0 Å². The summed E-state index contributed by atoms with van der Waals surface area (Å²) < 4.78 is 0. The monoisotopic (exact) mass is 432 g/mol. The Balaban J connectivity index is 1.69. The number of rotatable bonds is 3. The molecule has 0 radical (unpaired) electrons. The summed E-state index contributed by atoms with van der Waals surface area (Å²) in [6.07, 6.45) is 1.78. The number of benzene rings is 2. The molecule has 0 amide bonds. The number of aliphatic hydroxyl groups excluding tert-OH is 1. The largest absolute Gasteiger partial charge is 0.393 e. The molecule has 1 saturated heterocycles. The second kappa shape index (κ2) is 7.99. The molecule has 2 heterocycles. The van der Waals surface area contributed by atoms with Gasteiger partial charge in [0.2, 0.25) is 0 Å². The molecule has 1 N–H and O–H groups in total. The van der Waals surface area contributed by atoms with Gasteiger partial charge in [0.15, 0.2) is 0 Å². The molecule has 5 rings (SSSR count). The molecule has 3 aromatic rings. The Morgan fingerprint density at radius 2 is 1.52 bits per heavy atom. The second-order valence-electron chi connectivity index (χ2n) is 9.92. The van der Waals surface area contributed by atoms with E-state index in [-0.39, 0.29) is 23.6 Å². The highest BCUT2D eigenvalue weighted by molar-refractivity contribution is 7.12. The second-order valence-corrected chi connectivity index (χ2v) is 11.2. The van der Waals surface area contributed by atoms with Crippen LogP contribution in [-0.2, 0) is 0 Å². The first-order valence-corrected chi connectivity index (χ1v) is 12.1. The minimum Gasteiger partial charge on any atom is -0.393 e. The Labute approximate surface area is 190 Å². The summed E-state index contributed by atoms with van der Waals surface area (Å²) in [5.74, 6) is 0.214. The lowest BCUT2D eigenvalue weighted by Crippen LogP contribution is -2.63. The predicted octanol–water partition coefficient (Wildman–Crippen LogP) is 6.25. The van der Waals surface area contributed by atoms with Crippen LogP contribution in [0.15, 0.2) is 72.8 Å². The maximum atomic E-state index is 11.3. The Morgan fingerprint density at radius 1 is 0.871 bits per heavy atom. The third-order valence-electron chi connectivity index (χ3n) is 6.99. The quantitative estimate of drug-likeness (QED) is 0.530. The van der Waals surface area contributed by atoms with Gasteiger partial charge in [0, 0.05) is 39.6 Å². The molecule has 3 nitrogen and oxygen atoms in total. The average molecular weight is 433 g/mol. The first-order chi connectivity index (χ1) is 14.9. The van der Waals surface area contributed by atoms with Gasteiger partial charge in [0.25, 0.3) is 0 Å². The Hall–Kier alpha value is -2.30. The lowest BCUT2D eigenvalue weighted by Gasteiger charge is -2.58. The number of hydrogen-bond acceptors (Lipinski definition) is 4. The normalized spacial score (nSPS) is 27.7.